The van der Waals surface area contributed by atoms with Crippen LogP contribution in [0.5, 0.6) is 5.75 Å². The fraction of sp³-hybridized carbons (Fsp3) is 0.625. The first-order chi connectivity index (χ1) is 9.57. The van der Waals surface area contributed by atoms with E-state index in [0.717, 1.165) is 31.9 Å². The lowest BCUT2D eigenvalue weighted by atomic mass is 9.90. The highest BCUT2D eigenvalue weighted by Crippen LogP contribution is 2.24. The maximum atomic E-state index is 6.08. The van der Waals surface area contributed by atoms with Gasteiger partial charge in [-0.25, -0.2) is 0 Å². The first-order valence-corrected chi connectivity index (χ1v) is 7.27. The maximum Gasteiger partial charge on any atom is 0.118 e. The molecule has 1 aromatic carbocycles. The van der Waals surface area contributed by atoms with Crippen molar-refractivity contribution in [2.24, 2.45) is 5.73 Å². The molecule has 0 saturated carbocycles. The third-order valence-corrected chi connectivity index (χ3v) is 4.19. The fourth-order valence-electron chi connectivity index (χ4n) is 2.80. The Morgan fingerprint density at radius 2 is 2.10 bits per heavy atom. The van der Waals surface area contributed by atoms with E-state index in [-0.39, 0.29) is 11.6 Å². The summed E-state index contributed by atoms with van der Waals surface area (Å²) in [5, 5.41) is 0. The molecule has 1 fully saturated rings. The second-order valence-electron chi connectivity index (χ2n) is 5.85. The van der Waals surface area contributed by atoms with Gasteiger partial charge < -0.3 is 15.2 Å². The maximum absolute atomic E-state index is 6.08. The number of rotatable bonds is 5. The van der Waals surface area contributed by atoms with E-state index in [0.29, 0.717) is 6.54 Å². The molecular formula is C16H26N2O2. The van der Waals surface area contributed by atoms with E-state index >= 15 is 0 Å². The lowest BCUT2D eigenvalue weighted by Crippen LogP contribution is -2.58. The summed E-state index contributed by atoms with van der Waals surface area (Å²) in [5.41, 5.74) is 7.35. The first kappa shape index (κ1) is 15.3. The van der Waals surface area contributed by atoms with Crippen molar-refractivity contribution in [2.45, 2.75) is 31.9 Å². The summed E-state index contributed by atoms with van der Waals surface area (Å²) in [6, 6.07) is 8.26. The summed E-state index contributed by atoms with van der Waals surface area (Å²) in [6.45, 7) is 7.70. The fourth-order valence-corrected chi connectivity index (χ4v) is 2.80. The van der Waals surface area contributed by atoms with Crippen LogP contribution in [0.3, 0.4) is 0 Å². The Hall–Kier alpha value is -1.10. The zero-order valence-electron chi connectivity index (χ0n) is 12.8. The molecule has 0 aromatic heterocycles. The van der Waals surface area contributed by atoms with Gasteiger partial charge in [0.1, 0.15) is 5.75 Å². The predicted molar refractivity (Wildman–Crippen MR) is 81.1 cm³/mol. The number of hydrogen-bond donors (Lipinski definition) is 1. The normalized spacial score (nSPS) is 23.3. The van der Waals surface area contributed by atoms with Gasteiger partial charge in [-0.2, -0.15) is 0 Å². The molecule has 2 unspecified atom stereocenters. The van der Waals surface area contributed by atoms with E-state index in [1.165, 1.54) is 5.56 Å². The van der Waals surface area contributed by atoms with Crippen molar-refractivity contribution in [3.63, 3.8) is 0 Å². The van der Waals surface area contributed by atoms with Crippen molar-refractivity contribution >= 4 is 0 Å². The third kappa shape index (κ3) is 3.51. The van der Waals surface area contributed by atoms with Gasteiger partial charge in [-0.1, -0.05) is 12.1 Å². The van der Waals surface area contributed by atoms with Crippen LogP contribution >= 0.6 is 0 Å². The molecule has 2 atom stereocenters. The van der Waals surface area contributed by atoms with E-state index in [1.54, 1.807) is 7.11 Å². The number of morpholine rings is 1. The van der Waals surface area contributed by atoms with Crippen LogP contribution in [-0.2, 0) is 11.2 Å². The van der Waals surface area contributed by atoms with Crippen LogP contribution in [0.4, 0.5) is 0 Å². The molecule has 0 amide bonds. The molecule has 4 nitrogen and oxygen atoms in total. The van der Waals surface area contributed by atoms with Gasteiger partial charge >= 0.3 is 0 Å². The Morgan fingerprint density at radius 3 is 2.65 bits per heavy atom. The van der Waals surface area contributed by atoms with Gasteiger partial charge in [-0.05, 0) is 38.0 Å². The molecule has 1 aromatic rings. The highest BCUT2D eigenvalue weighted by Gasteiger charge is 2.33. The lowest BCUT2D eigenvalue weighted by molar-refractivity contribution is -0.0560. The van der Waals surface area contributed by atoms with Crippen LogP contribution in [-0.4, -0.2) is 49.9 Å². The largest absolute Gasteiger partial charge is 0.497 e. The molecule has 0 radical (unpaired) electrons. The molecule has 4 heteroatoms. The van der Waals surface area contributed by atoms with E-state index in [4.69, 9.17) is 15.2 Å². The first-order valence-electron chi connectivity index (χ1n) is 7.27. The van der Waals surface area contributed by atoms with Crippen molar-refractivity contribution in [2.75, 3.05) is 33.4 Å². The van der Waals surface area contributed by atoms with Crippen LogP contribution in [0.1, 0.15) is 19.4 Å². The van der Waals surface area contributed by atoms with Gasteiger partial charge in [0.2, 0.25) is 0 Å². The Bertz CT molecular complexity index is 421. The molecular weight excluding hydrogens is 252 g/mol. The molecule has 1 aliphatic heterocycles. The van der Waals surface area contributed by atoms with E-state index in [9.17, 15) is 0 Å². The molecule has 20 heavy (non-hydrogen) atoms. The molecule has 0 aliphatic carbocycles. The molecule has 0 spiro atoms. The van der Waals surface area contributed by atoms with Gasteiger partial charge in [0.25, 0.3) is 0 Å². The van der Waals surface area contributed by atoms with Crippen LogP contribution < -0.4 is 10.5 Å². The number of nitrogens with two attached hydrogens (primary N) is 1. The molecule has 1 aliphatic rings. The quantitative estimate of drug-likeness (QED) is 0.890. The van der Waals surface area contributed by atoms with Crippen LogP contribution in [0.15, 0.2) is 24.3 Å². The summed E-state index contributed by atoms with van der Waals surface area (Å²) >= 11 is 0. The number of ether oxygens (including phenoxy) is 2. The Balaban J connectivity index is 2.09. The minimum absolute atomic E-state index is 0.0212. The lowest BCUT2D eigenvalue weighted by Gasteiger charge is -2.44. The Labute approximate surface area is 121 Å². The van der Waals surface area contributed by atoms with Crippen molar-refractivity contribution in [1.82, 2.24) is 4.90 Å². The van der Waals surface area contributed by atoms with Crippen molar-refractivity contribution < 1.29 is 9.47 Å². The highest BCUT2D eigenvalue weighted by molar-refractivity contribution is 5.28. The molecule has 0 bridgehead atoms. The van der Waals surface area contributed by atoms with E-state index in [2.05, 4.69) is 30.9 Å². The predicted octanol–water partition coefficient (Wildman–Crippen LogP) is 1.68. The summed E-state index contributed by atoms with van der Waals surface area (Å²) in [6.07, 6.45) is 1.23. The second kappa shape index (κ2) is 6.57. The van der Waals surface area contributed by atoms with Crippen LogP contribution in [0.2, 0.25) is 0 Å². The van der Waals surface area contributed by atoms with E-state index in [1.807, 2.05) is 12.1 Å². The SMILES string of the molecule is COc1ccc(CC(C)(CN)N2CCOC(C)C2)cc1. The zero-order chi connectivity index (χ0) is 14.6. The van der Waals surface area contributed by atoms with Gasteiger partial charge in [0.15, 0.2) is 0 Å². The Morgan fingerprint density at radius 1 is 1.40 bits per heavy atom. The van der Waals surface area contributed by atoms with Gasteiger partial charge in [-0.3, -0.25) is 4.90 Å². The summed E-state index contributed by atoms with van der Waals surface area (Å²) < 4.78 is 10.8. The molecule has 112 valence electrons. The van der Waals surface area contributed by atoms with Crippen molar-refractivity contribution in [1.29, 1.82) is 0 Å². The van der Waals surface area contributed by atoms with Crippen molar-refractivity contribution in [3.05, 3.63) is 29.8 Å². The Kier molecular flexibility index (Phi) is 5.02. The van der Waals surface area contributed by atoms with Crippen LogP contribution in [0.25, 0.3) is 0 Å². The minimum atomic E-state index is -0.0212. The zero-order valence-corrected chi connectivity index (χ0v) is 12.8. The van der Waals surface area contributed by atoms with Gasteiger partial charge in [0.05, 0.1) is 19.8 Å². The number of methoxy groups -OCH3 is 1. The summed E-state index contributed by atoms with van der Waals surface area (Å²) in [5.74, 6) is 0.892. The van der Waals surface area contributed by atoms with Crippen molar-refractivity contribution in [3.8, 4) is 5.75 Å². The van der Waals surface area contributed by atoms with E-state index < -0.39 is 0 Å². The molecule has 1 heterocycles. The summed E-state index contributed by atoms with van der Waals surface area (Å²) in [7, 11) is 1.69. The van der Waals surface area contributed by atoms with Gasteiger partial charge in [0, 0.05) is 25.2 Å². The minimum Gasteiger partial charge on any atom is -0.497 e. The second-order valence-corrected chi connectivity index (χ2v) is 5.85. The average Bonchev–Trinajstić information content (AvgIpc) is 2.48. The monoisotopic (exact) mass is 278 g/mol. The average molecular weight is 278 g/mol. The topological polar surface area (TPSA) is 47.7 Å². The summed E-state index contributed by atoms with van der Waals surface area (Å²) in [4.78, 5) is 2.46. The molecule has 2 rings (SSSR count). The third-order valence-electron chi connectivity index (χ3n) is 4.19. The standard InChI is InChI=1S/C16H26N2O2/c1-13-11-18(8-9-20-13)16(2,12-17)10-14-4-6-15(19-3)7-5-14/h4-7,13H,8-12,17H2,1-3H3. The number of hydrogen-bond acceptors (Lipinski definition) is 4. The van der Waals surface area contributed by atoms with Gasteiger partial charge in [-0.15, -0.1) is 0 Å². The molecule has 1 saturated heterocycles. The highest BCUT2D eigenvalue weighted by atomic mass is 16.5. The number of nitrogens with zero attached hydrogens (tertiary/aromatic N) is 1. The number of benzene rings is 1. The van der Waals surface area contributed by atoms with Crippen LogP contribution in [0, 0.1) is 0 Å². The molecule has 2 N–H and O–H groups in total. The smallest absolute Gasteiger partial charge is 0.118 e.